The number of ether oxygens (including phenoxy) is 1. The van der Waals surface area contributed by atoms with Crippen LogP contribution in [-0.4, -0.2) is 14.2 Å². The zero-order chi connectivity index (χ0) is 14.5. The van der Waals surface area contributed by atoms with Crippen molar-refractivity contribution in [2.24, 2.45) is 0 Å². The molecule has 0 aliphatic carbocycles. The number of nitrogens with one attached hydrogen (secondary N) is 1. The lowest BCUT2D eigenvalue weighted by atomic mass is 9.95. The fourth-order valence-corrected chi connectivity index (χ4v) is 2.49. The molecule has 1 unspecified atom stereocenters. The van der Waals surface area contributed by atoms with Gasteiger partial charge in [-0.15, -0.1) is 0 Å². The topological polar surface area (TPSA) is 21.3 Å². The van der Waals surface area contributed by atoms with Crippen LogP contribution in [0.2, 0.25) is 0 Å². The first-order valence-corrected chi connectivity index (χ1v) is 6.71. The lowest BCUT2D eigenvalue weighted by Crippen LogP contribution is -2.20. The lowest BCUT2D eigenvalue weighted by molar-refractivity contribution is 0.406. The largest absolute Gasteiger partial charge is 0.496 e. The quantitative estimate of drug-likeness (QED) is 0.898. The summed E-state index contributed by atoms with van der Waals surface area (Å²) in [6, 6.07) is 13.0. The first-order chi connectivity index (χ1) is 9.65. The van der Waals surface area contributed by atoms with Gasteiger partial charge < -0.3 is 10.1 Å². The minimum Gasteiger partial charge on any atom is -0.496 e. The van der Waals surface area contributed by atoms with Gasteiger partial charge in [0.1, 0.15) is 11.6 Å². The van der Waals surface area contributed by atoms with Crippen molar-refractivity contribution in [3.8, 4) is 5.75 Å². The van der Waals surface area contributed by atoms with Crippen LogP contribution in [0.3, 0.4) is 0 Å². The Morgan fingerprint density at radius 2 is 1.95 bits per heavy atom. The fraction of sp³-hybridized carbons (Fsp3) is 0.294. The zero-order valence-corrected chi connectivity index (χ0v) is 12.1. The number of hydrogen-bond acceptors (Lipinski definition) is 2. The molecule has 2 aromatic rings. The van der Waals surface area contributed by atoms with Crippen molar-refractivity contribution in [1.82, 2.24) is 5.32 Å². The molecule has 20 heavy (non-hydrogen) atoms. The SMILES string of the molecule is CNC(Cc1ccccc1OC)c1ccc(F)cc1C. The van der Waals surface area contributed by atoms with E-state index in [2.05, 4.69) is 11.4 Å². The van der Waals surface area contributed by atoms with Gasteiger partial charge in [0.15, 0.2) is 0 Å². The minimum atomic E-state index is -0.196. The summed E-state index contributed by atoms with van der Waals surface area (Å²) in [5, 5.41) is 3.30. The molecule has 1 atom stereocenters. The van der Waals surface area contributed by atoms with Gasteiger partial charge in [0, 0.05) is 6.04 Å². The molecule has 106 valence electrons. The summed E-state index contributed by atoms with van der Waals surface area (Å²) in [7, 11) is 3.60. The monoisotopic (exact) mass is 273 g/mol. The smallest absolute Gasteiger partial charge is 0.123 e. The Kier molecular flexibility index (Phi) is 4.74. The first-order valence-electron chi connectivity index (χ1n) is 6.71. The van der Waals surface area contributed by atoms with Crippen molar-refractivity contribution in [2.45, 2.75) is 19.4 Å². The van der Waals surface area contributed by atoms with Gasteiger partial charge in [0.05, 0.1) is 7.11 Å². The molecule has 0 spiro atoms. The highest BCUT2D eigenvalue weighted by molar-refractivity contribution is 5.37. The van der Waals surface area contributed by atoms with Crippen molar-refractivity contribution in [2.75, 3.05) is 14.2 Å². The van der Waals surface area contributed by atoms with Crippen LogP contribution in [0.1, 0.15) is 22.7 Å². The molecule has 0 aliphatic rings. The molecule has 1 N–H and O–H groups in total. The standard InChI is InChI=1S/C17H20FNO/c1-12-10-14(18)8-9-15(12)16(19-2)11-13-6-4-5-7-17(13)20-3/h4-10,16,19H,11H2,1-3H3. The van der Waals surface area contributed by atoms with E-state index in [0.717, 1.165) is 28.9 Å². The molecule has 2 aromatic carbocycles. The predicted molar refractivity (Wildman–Crippen MR) is 79.6 cm³/mol. The molecule has 0 fully saturated rings. The van der Waals surface area contributed by atoms with Crippen molar-refractivity contribution < 1.29 is 9.13 Å². The molecule has 0 radical (unpaired) electrons. The van der Waals surface area contributed by atoms with Gasteiger partial charge in [0.25, 0.3) is 0 Å². The van der Waals surface area contributed by atoms with Crippen molar-refractivity contribution in [1.29, 1.82) is 0 Å². The van der Waals surface area contributed by atoms with E-state index in [-0.39, 0.29) is 11.9 Å². The maximum atomic E-state index is 13.2. The average Bonchev–Trinajstić information content (AvgIpc) is 2.46. The van der Waals surface area contributed by atoms with E-state index in [1.165, 1.54) is 6.07 Å². The van der Waals surface area contributed by atoms with Crippen LogP contribution in [0, 0.1) is 12.7 Å². The van der Waals surface area contributed by atoms with E-state index < -0.39 is 0 Å². The highest BCUT2D eigenvalue weighted by Crippen LogP contribution is 2.26. The van der Waals surface area contributed by atoms with Gasteiger partial charge in [-0.05, 0) is 55.3 Å². The van der Waals surface area contributed by atoms with Gasteiger partial charge in [-0.25, -0.2) is 4.39 Å². The molecule has 0 aromatic heterocycles. The van der Waals surface area contributed by atoms with Crippen LogP contribution in [0.15, 0.2) is 42.5 Å². The molecule has 0 amide bonds. The molecule has 3 heteroatoms. The van der Waals surface area contributed by atoms with Crippen LogP contribution in [0.5, 0.6) is 5.75 Å². The normalized spacial score (nSPS) is 12.2. The van der Waals surface area contributed by atoms with E-state index in [1.807, 2.05) is 38.2 Å². The Bertz CT molecular complexity index is 583. The Morgan fingerprint density at radius 1 is 1.20 bits per heavy atom. The highest BCUT2D eigenvalue weighted by atomic mass is 19.1. The third-order valence-electron chi connectivity index (χ3n) is 3.57. The van der Waals surface area contributed by atoms with Crippen LogP contribution in [0.4, 0.5) is 4.39 Å². The Morgan fingerprint density at radius 3 is 2.60 bits per heavy atom. The molecule has 2 rings (SSSR count). The number of likely N-dealkylation sites (N-methyl/N-ethyl adjacent to an activating group) is 1. The van der Waals surface area contributed by atoms with E-state index in [4.69, 9.17) is 4.74 Å². The number of benzene rings is 2. The van der Waals surface area contributed by atoms with E-state index in [1.54, 1.807) is 13.2 Å². The summed E-state index contributed by atoms with van der Waals surface area (Å²) in [4.78, 5) is 0. The van der Waals surface area contributed by atoms with Gasteiger partial charge >= 0.3 is 0 Å². The van der Waals surface area contributed by atoms with Gasteiger partial charge in [-0.2, -0.15) is 0 Å². The number of hydrogen-bond donors (Lipinski definition) is 1. The summed E-state index contributed by atoms with van der Waals surface area (Å²) in [6.07, 6.45) is 0.799. The molecule has 0 heterocycles. The summed E-state index contributed by atoms with van der Waals surface area (Å²) < 4.78 is 18.6. The second-order valence-corrected chi connectivity index (χ2v) is 4.86. The number of aryl methyl sites for hydroxylation is 1. The maximum absolute atomic E-state index is 13.2. The van der Waals surface area contributed by atoms with Crippen LogP contribution in [-0.2, 0) is 6.42 Å². The van der Waals surface area contributed by atoms with Crippen LogP contribution < -0.4 is 10.1 Å². The van der Waals surface area contributed by atoms with Gasteiger partial charge in [-0.3, -0.25) is 0 Å². The number of halogens is 1. The third-order valence-corrected chi connectivity index (χ3v) is 3.57. The molecule has 0 aliphatic heterocycles. The number of rotatable bonds is 5. The zero-order valence-electron chi connectivity index (χ0n) is 12.1. The molecule has 0 saturated carbocycles. The number of para-hydroxylation sites is 1. The second-order valence-electron chi connectivity index (χ2n) is 4.86. The molecular weight excluding hydrogens is 253 g/mol. The van der Waals surface area contributed by atoms with Crippen molar-refractivity contribution in [3.63, 3.8) is 0 Å². The van der Waals surface area contributed by atoms with Crippen molar-refractivity contribution in [3.05, 3.63) is 65.0 Å². The van der Waals surface area contributed by atoms with E-state index in [0.29, 0.717) is 0 Å². The van der Waals surface area contributed by atoms with E-state index in [9.17, 15) is 4.39 Å². The Balaban J connectivity index is 2.29. The molecular formula is C17H20FNO. The Hall–Kier alpha value is -1.87. The van der Waals surface area contributed by atoms with Crippen LogP contribution in [0.25, 0.3) is 0 Å². The third kappa shape index (κ3) is 3.17. The fourth-order valence-electron chi connectivity index (χ4n) is 2.49. The van der Waals surface area contributed by atoms with Crippen LogP contribution >= 0.6 is 0 Å². The predicted octanol–water partition coefficient (Wildman–Crippen LogP) is 3.65. The van der Waals surface area contributed by atoms with Crippen molar-refractivity contribution >= 4 is 0 Å². The second kappa shape index (κ2) is 6.53. The van der Waals surface area contributed by atoms with Gasteiger partial charge in [-0.1, -0.05) is 24.3 Å². The summed E-state index contributed by atoms with van der Waals surface area (Å²) in [5.74, 6) is 0.686. The lowest BCUT2D eigenvalue weighted by Gasteiger charge is -2.20. The molecule has 0 saturated heterocycles. The molecule has 0 bridgehead atoms. The summed E-state index contributed by atoms with van der Waals surface area (Å²) in [6.45, 7) is 1.94. The van der Waals surface area contributed by atoms with Gasteiger partial charge in [0.2, 0.25) is 0 Å². The first kappa shape index (κ1) is 14.5. The van der Waals surface area contributed by atoms with E-state index >= 15 is 0 Å². The maximum Gasteiger partial charge on any atom is 0.123 e. The minimum absolute atomic E-state index is 0.131. The average molecular weight is 273 g/mol. The summed E-state index contributed by atoms with van der Waals surface area (Å²) in [5.41, 5.74) is 3.21. The Labute approximate surface area is 119 Å². The number of methoxy groups -OCH3 is 1. The molecule has 2 nitrogen and oxygen atoms in total. The highest BCUT2D eigenvalue weighted by Gasteiger charge is 2.15. The summed E-state index contributed by atoms with van der Waals surface area (Å²) >= 11 is 0.